The fourth-order valence-corrected chi connectivity index (χ4v) is 4.32. The van der Waals surface area contributed by atoms with Gasteiger partial charge in [-0.2, -0.15) is 0 Å². The van der Waals surface area contributed by atoms with Crippen LogP contribution in [0.2, 0.25) is 0 Å². The Morgan fingerprint density at radius 3 is 2.38 bits per heavy atom. The van der Waals surface area contributed by atoms with Crippen LogP contribution in [-0.2, 0) is 10.2 Å². The molecule has 2 aromatic heterocycles. The first-order chi connectivity index (χ1) is 16.0. The summed E-state index contributed by atoms with van der Waals surface area (Å²) in [6, 6.07) is 14.9. The van der Waals surface area contributed by atoms with E-state index in [1.54, 1.807) is 25.1 Å². The first-order valence-corrected chi connectivity index (χ1v) is 11.9. The van der Waals surface area contributed by atoms with Crippen molar-refractivity contribution in [3.63, 3.8) is 0 Å². The lowest BCUT2D eigenvalue weighted by Crippen LogP contribution is -2.31. The Balaban J connectivity index is 1.72. The van der Waals surface area contributed by atoms with Crippen molar-refractivity contribution >= 4 is 33.3 Å². The van der Waals surface area contributed by atoms with Gasteiger partial charge in [0.2, 0.25) is 11.2 Å². The molecule has 7 heteroatoms. The number of hydrogen-bond donors (Lipinski definition) is 1. The Morgan fingerprint density at radius 1 is 1.09 bits per heavy atom. The van der Waals surface area contributed by atoms with Gasteiger partial charge in [-0.25, -0.2) is 4.98 Å². The molecule has 0 bridgehead atoms. The lowest BCUT2D eigenvalue weighted by Gasteiger charge is -2.20. The summed E-state index contributed by atoms with van der Waals surface area (Å²) in [6.45, 7) is 11.8. The number of carbonyl (C=O) groups is 1. The molecule has 6 nitrogen and oxygen atoms in total. The second-order valence-electron chi connectivity index (χ2n) is 9.32. The fourth-order valence-electron chi connectivity index (χ4n) is 3.51. The van der Waals surface area contributed by atoms with Crippen molar-refractivity contribution in [1.29, 1.82) is 0 Å². The Bertz CT molecular complexity index is 1390. The molecule has 1 N–H and O–H groups in total. The minimum absolute atomic E-state index is 0.0105. The van der Waals surface area contributed by atoms with Crippen LogP contribution in [0.1, 0.15) is 43.8 Å². The third kappa shape index (κ3) is 4.75. The summed E-state index contributed by atoms with van der Waals surface area (Å²) in [4.78, 5) is 31.6. The topological polar surface area (TPSA) is 81.4 Å². The molecule has 0 saturated carbocycles. The van der Waals surface area contributed by atoms with Crippen LogP contribution in [0, 0.1) is 13.8 Å². The number of hydrogen-bond acceptors (Lipinski definition) is 6. The molecule has 0 aliphatic rings. The molecule has 0 aliphatic heterocycles. The fraction of sp³-hybridized carbons (Fsp3) is 0.296. The summed E-state index contributed by atoms with van der Waals surface area (Å²) in [7, 11) is 0. The zero-order valence-corrected chi connectivity index (χ0v) is 21.0. The standard InChI is InChI=1S/C27H28N2O4S/c1-15-17(3)34-26(28-15)29-25(31)16(2)32-24-22(30)20-9-7-8-10-21(20)33-23(24)18-11-13-19(14-12-18)27(4,5)6/h7-14,16H,1-6H3,(H,28,29,31). The zero-order chi connectivity index (χ0) is 24.6. The van der Waals surface area contributed by atoms with E-state index in [1.165, 1.54) is 11.3 Å². The molecule has 1 atom stereocenters. The maximum absolute atomic E-state index is 13.4. The van der Waals surface area contributed by atoms with Crippen molar-refractivity contribution in [2.24, 2.45) is 0 Å². The van der Waals surface area contributed by atoms with Crippen molar-refractivity contribution in [2.45, 2.75) is 53.1 Å². The highest BCUT2D eigenvalue weighted by atomic mass is 32.1. The minimum atomic E-state index is -0.943. The van der Waals surface area contributed by atoms with Crippen LogP contribution in [0.4, 0.5) is 5.13 Å². The average molecular weight is 477 g/mol. The summed E-state index contributed by atoms with van der Waals surface area (Å²) in [5.41, 5.74) is 2.84. The van der Waals surface area contributed by atoms with E-state index in [9.17, 15) is 9.59 Å². The number of aromatic nitrogens is 1. The summed E-state index contributed by atoms with van der Waals surface area (Å²) < 4.78 is 12.1. The third-order valence-electron chi connectivity index (χ3n) is 5.69. The number of aryl methyl sites for hydroxylation is 2. The number of rotatable bonds is 5. The van der Waals surface area contributed by atoms with Crippen LogP contribution in [0.25, 0.3) is 22.3 Å². The molecular formula is C27H28N2O4S. The van der Waals surface area contributed by atoms with E-state index < -0.39 is 12.0 Å². The number of carbonyl (C=O) groups excluding carboxylic acids is 1. The van der Waals surface area contributed by atoms with E-state index in [4.69, 9.17) is 9.15 Å². The second kappa shape index (κ2) is 9.06. The van der Waals surface area contributed by atoms with E-state index in [0.29, 0.717) is 27.4 Å². The Labute approximate surface area is 202 Å². The average Bonchev–Trinajstić information content (AvgIpc) is 3.11. The lowest BCUT2D eigenvalue weighted by molar-refractivity contribution is -0.122. The van der Waals surface area contributed by atoms with Crippen LogP contribution in [0.3, 0.4) is 0 Å². The number of anilines is 1. The maximum Gasteiger partial charge on any atom is 0.266 e. The molecule has 0 spiro atoms. The van der Waals surface area contributed by atoms with E-state index in [-0.39, 0.29) is 16.6 Å². The number of nitrogens with zero attached hydrogens (tertiary/aromatic N) is 1. The van der Waals surface area contributed by atoms with Gasteiger partial charge < -0.3 is 9.15 Å². The van der Waals surface area contributed by atoms with Crippen molar-refractivity contribution < 1.29 is 13.9 Å². The molecule has 2 heterocycles. The highest BCUT2D eigenvalue weighted by molar-refractivity contribution is 7.15. The molecule has 0 saturated heterocycles. The molecule has 2 aromatic carbocycles. The molecular weight excluding hydrogens is 448 g/mol. The van der Waals surface area contributed by atoms with E-state index in [2.05, 4.69) is 31.1 Å². The van der Waals surface area contributed by atoms with Gasteiger partial charge in [0.15, 0.2) is 17.0 Å². The lowest BCUT2D eigenvalue weighted by atomic mass is 9.86. The minimum Gasteiger partial charge on any atom is -0.473 e. The molecule has 176 valence electrons. The summed E-state index contributed by atoms with van der Waals surface area (Å²) in [6.07, 6.45) is -0.943. The molecule has 0 radical (unpaired) electrons. The van der Waals surface area contributed by atoms with Crippen molar-refractivity contribution in [1.82, 2.24) is 4.98 Å². The van der Waals surface area contributed by atoms with Crippen LogP contribution in [0.15, 0.2) is 57.7 Å². The maximum atomic E-state index is 13.4. The van der Waals surface area contributed by atoms with Gasteiger partial charge in [-0.15, -0.1) is 11.3 Å². The van der Waals surface area contributed by atoms with Crippen molar-refractivity contribution in [2.75, 3.05) is 5.32 Å². The van der Waals surface area contributed by atoms with E-state index in [1.807, 2.05) is 44.2 Å². The molecule has 0 fully saturated rings. The van der Waals surface area contributed by atoms with Gasteiger partial charge >= 0.3 is 0 Å². The summed E-state index contributed by atoms with van der Waals surface area (Å²) in [5, 5.41) is 3.67. The monoisotopic (exact) mass is 476 g/mol. The molecule has 1 unspecified atom stereocenters. The van der Waals surface area contributed by atoms with Gasteiger partial charge in [-0.3, -0.25) is 14.9 Å². The SMILES string of the molecule is Cc1nc(NC(=O)C(C)Oc2c(-c3ccc(C(C)(C)C)cc3)oc3ccccc3c2=O)sc1C. The van der Waals surface area contributed by atoms with Gasteiger partial charge in [0.25, 0.3) is 5.91 Å². The van der Waals surface area contributed by atoms with E-state index >= 15 is 0 Å². The molecule has 1 amide bonds. The highest BCUT2D eigenvalue weighted by Gasteiger charge is 2.24. The van der Waals surface area contributed by atoms with Crippen LogP contribution in [-0.4, -0.2) is 17.0 Å². The zero-order valence-electron chi connectivity index (χ0n) is 20.2. The van der Waals surface area contributed by atoms with Gasteiger partial charge in [0.1, 0.15) is 5.58 Å². The van der Waals surface area contributed by atoms with Gasteiger partial charge in [-0.1, -0.05) is 57.2 Å². The first-order valence-electron chi connectivity index (χ1n) is 11.1. The van der Waals surface area contributed by atoms with Crippen LogP contribution >= 0.6 is 11.3 Å². The third-order valence-corrected chi connectivity index (χ3v) is 6.68. The largest absolute Gasteiger partial charge is 0.473 e. The Morgan fingerprint density at radius 2 is 1.76 bits per heavy atom. The van der Waals surface area contributed by atoms with Gasteiger partial charge in [0.05, 0.1) is 11.1 Å². The van der Waals surface area contributed by atoms with Gasteiger partial charge in [-0.05, 0) is 43.9 Å². The molecule has 4 rings (SSSR count). The summed E-state index contributed by atoms with van der Waals surface area (Å²) in [5.74, 6) is -0.0866. The van der Waals surface area contributed by atoms with Crippen LogP contribution < -0.4 is 15.5 Å². The Hall–Kier alpha value is -3.45. The van der Waals surface area contributed by atoms with Crippen LogP contribution in [0.5, 0.6) is 5.75 Å². The Kier molecular flexibility index (Phi) is 6.32. The number of amides is 1. The number of fused-ring (bicyclic) bond motifs is 1. The number of benzene rings is 2. The first kappa shape index (κ1) is 23.7. The molecule has 4 aromatic rings. The van der Waals surface area contributed by atoms with E-state index in [0.717, 1.165) is 16.1 Å². The van der Waals surface area contributed by atoms with Crippen molar-refractivity contribution in [3.05, 3.63) is 74.9 Å². The van der Waals surface area contributed by atoms with Crippen molar-refractivity contribution in [3.8, 4) is 17.1 Å². The second-order valence-corrected chi connectivity index (χ2v) is 10.5. The molecule has 34 heavy (non-hydrogen) atoms. The predicted octanol–water partition coefficient (Wildman–Crippen LogP) is 6.24. The predicted molar refractivity (Wildman–Crippen MR) is 137 cm³/mol. The number of ether oxygens (including phenoxy) is 1. The normalized spacial score (nSPS) is 12.5. The number of para-hydroxylation sites is 1. The number of thiazole rings is 1. The quantitative estimate of drug-likeness (QED) is 0.369. The van der Waals surface area contributed by atoms with Gasteiger partial charge in [0, 0.05) is 10.4 Å². The number of nitrogens with one attached hydrogen (secondary N) is 1. The smallest absolute Gasteiger partial charge is 0.266 e. The summed E-state index contributed by atoms with van der Waals surface area (Å²) >= 11 is 1.40. The molecule has 0 aliphatic carbocycles. The highest BCUT2D eigenvalue weighted by Crippen LogP contribution is 2.33.